The first-order chi connectivity index (χ1) is 33.3. The van der Waals surface area contributed by atoms with Gasteiger partial charge in [-0.2, -0.15) is 0 Å². The highest BCUT2D eigenvalue weighted by molar-refractivity contribution is 5.76. The molecule has 0 radical (unpaired) electrons. The van der Waals surface area contributed by atoms with Gasteiger partial charge in [0.2, 0.25) is 5.91 Å². The van der Waals surface area contributed by atoms with E-state index in [0.717, 1.165) is 25.7 Å². The molecule has 3 saturated heterocycles. The minimum absolute atomic E-state index is 0.210. The molecule has 0 spiro atoms. The van der Waals surface area contributed by atoms with Gasteiger partial charge in [0, 0.05) is 6.42 Å². The number of aliphatic hydroxyl groups excluding tert-OH is 11. The van der Waals surface area contributed by atoms with Crippen molar-refractivity contribution in [1.29, 1.82) is 0 Å². The number of nitrogens with one attached hydrogen (secondary N) is 1. The SMILES string of the molecule is CCCCCCCCCCCCCCCCCC/C=C/CC/C=C/C(O)C(COC1OC(CO)C(OC2OC(CO)C(OC3OC(CO)C(O)C(O)C3O)C(O)C2O)C(O)C1O)NC(=O)CCCC. The second kappa shape index (κ2) is 35.4. The average Bonchev–Trinajstić information content (AvgIpc) is 3.35. The molecule has 0 saturated carbocycles. The second-order valence-electron chi connectivity index (χ2n) is 19.0. The van der Waals surface area contributed by atoms with Crippen LogP contribution in [0.25, 0.3) is 0 Å². The maximum atomic E-state index is 12.8. The fourth-order valence-corrected chi connectivity index (χ4v) is 8.83. The van der Waals surface area contributed by atoms with Gasteiger partial charge in [0.15, 0.2) is 18.9 Å². The zero-order valence-electron chi connectivity index (χ0n) is 41.3. The fraction of sp³-hybridized carbons (Fsp3) is 0.900. The van der Waals surface area contributed by atoms with E-state index in [1.807, 2.05) is 13.0 Å². The quantitative estimate of drug-likeness (QED) is 0.0316. The summed E-state index contributed by atoms with van der Waals surface area (Å²) in [6, 6.07) is -0.980. The molecule has 404 valence electrons. The molecule has 0 aromatic rings. The average molecular weight is 994 g/mol. The monoisotopic (exact) mass is 994 g/mol. The van der Waals surface area contributed by atoms with Gasteiger partial charge in [0.25, 0.3) is 0 Å². The Morgan fingerprint density at radius 3 is 1.43 bits per heavy atom. The summed E-state index contributed by atoms with van der Waals surface area (Å²) in [6.45, 7) is 1.41. The van der Waals surface area contributed by atoms with Crippen LogP contribution >= 0.6 is 0 Å². The predicted octanol–water partition coefficient (Wildman–Crippen LogP) is 2.03. The molecule has 0 aromatic carbocycles. The van der Waals surface area contributed by atoms with Gasteiger partial charge in [-0.05, 0) is 32.1 Å². The van der Waals surface area contributed by atoms with Crippen LogP contribution in [0.1, 0.15) is 155 Å². The van der Waals surface area contributed by atoms with Crippen LogP contribution in [0.4, 0.5) is 0 Å². The number of unbranched alkanes of at least 4 members (excludes halogenated alkanes) is 18. The van der Waals surface area contributed by atoms with Crippen molar-refractivity contribution in [3.8, 4) is 0 Å². The smallest absolute Gasteiger partial charge is 0.220 e. The minimum atomic E-state index is -1.98. The molecule has 0 aromatic heterocycles. The highest BCUT2D eigenvalue weighted by Crippen LogP contribution is 2.33. The highest BCUT2D eigenvalue weighted by Gasteiger charge is 2.53. The zero-order chi connectivity index (χ0) is 50.6. The molecule has 0 bridgehead atoms. The first-order valence-electron chi connectivity index (χ1n) is 26.1. The standard InChI is InChI=1S/C50H91NO18/c1-3-5-7-8-9-10-11-12-13-14-15-16-17-18-19-20-21-22-23-24-25-26-27-34(55)33(51-38(56)28-6-4-2)32-64-48-44(62)41(59)46(36(30-53)66-48)69-50-45(63)42(60)47(37(31-54)67-50)68-49-43(61)40(58)39(57)35(29-52)65-49/h22-23,26-27,33-37,39-50,52-55,57-63H,3-21,24-25,28-32H2,1-2H3,(H,51,56)/b23-22+,27-26+. The van der Waals surface area contributed by atoms with Gasteiger partial charge in [0.05, 0.1) is 38.6 Å². The van der Waals surface area contributed by atoms with Crippen molar-refractivity contribution in [3.05, 3.63) is 24.3 Å². The Labute approximate surface area is 409 Å². The predicted molar refractivity (Wildman–Crippen MR) is 254 cm³/mol. The van der Waals surface area contributed by atoms with Crippen molar-refractivity contribution < 1.29 is 89.4 Å². The molecule has 19 nitrogen and oxygen atoms in total. The third kappa shape index (κ3) is 21.3. The van der Waals surface area contributed by atoms with E-state index in [4.69, 9.17) is 28.4 Å². The molecule has 12 N–H and O–H groups in total. The second-order valence-corrected chi connectivity index (χ2v) is 19.0. The molecule has 3 heterocycles. The number of carbonyl (C=O) groups excluding carboxylic acids is 1. The Bertz CT molecular complexity index is 1380. The van der Waals surface area contributed by atoms with Crippen LogP contribution in [0.2, 0.25) is 0 Å². The summed E-state index contributed by atoms with van der Waals surface area (Å²) in [5.41, 5.74) is 0. The Balaban J connectivity index is 1.43. The molecule has 3 aliphatic heterocycles. The van der Waals surface area contributed by atoms with Crippen molar-refractivity contribution in [2.75, 3.05) is 26.4 Å². The molecule has 3 aliphatic rings. The van der Waals surface area contributed by atoms with E-state index in [0.29, 0.717) is 12.8 Å². The molecule has 19 heteroatoms. The van der Waals surface area contributed by atoms with Gasteiger partial charge in [-0.25, -0.2) is 0 Å². The number of rotatable bonds is 36. The van der Waals surface area contributed by atoms with E-state index in [-0.39, 0.29) is 18.9 Å². The number of hydrogen-bond acceptors (Lipinski definition) is 18. The van der Waals surface area contributed by atoms with Crippen LogP contribution in [0.5, 0.6) is 0 Å². The van der Waals surface area contributed by atoms with Gasteiger partial charge in [0.1, 0.15) is 73.2 Å². The zero-order valence-corrected chi connectivity index (χ0v) is 41.3. The highest BCUT2D eigenvalue weighted by atomic mass is 16.8. The minimum Gasteiger partial charge on any atom is -0.394 e. The molecule has 17 atom stereocenters. The lowest BCUT2D eigenvalue weighted by molar-refractivity contribution is -0.379. The van der Waals surface area contributed by atoms with Gasteiger partial charge >= 0.3 is 0 Å². The number of amides is 1. The van der Waals surface area contributed by atoms with Gasteiger partial charge < -0.3 is 89.9 Å². The van der Waals surface area contributed by atoms with Crippen molar-refractivity contribution in [2.45, 2.75) is 259 Å². The van der Waals surface area contributed by atoms with Crippen LogP contribution in [0.3, 0.4) is 0 Å². The third-order valence-electron chi connectivity index (χ3n) is 13.3. The van der Waals surface area contributed by atoms with E-state index in [1.165, 1.54) is 96.3 Å². The van der Waals surface area contributed by atoms with Gasteiger partial charge in [-0.1, -0.05) is 141 Å². The molecule has 3 rings (SSSR count). The molecular weight excluding hydrogens is 903 g/mol. The molecule has 17 unspecified atom stereocenters. The lowest BCUT2D eigenvalue weighted by Gasteiger charge is -2.48. The van der Waals surface area contributed by atoms with E-state index in [9.17, 15) is 61.0 Å². The van der Waals surface area contributed by atoms with E-state index in [1.54, 1.807) is 6.08 Å². The van der Waals surface area contributed by atoms with Crippen LogP contribution < -0.4 is 5.32 Å². The summed E-state index contributed by atoms with van der Waals surface area (Å²) in [4.78, 5) is 12.8. The number of ether oxygens (including phenoxy) is 6. The van der Waals surface area contributed by atoms with Crippen molar-refractivity contribution in [3.63, 3.8) is 0 Å². The summed E-state index contributed by atoms with van der Waals surface area (Å²) < 4.78 is 33.9. The van der Waals surface area contributed by atoms with Gasteiger partial charge in [-0.3, -0.25) is 4.79 Å². The molecule has 69 heavy (non-hydrogen) atoms. The molecule has 3 fully saturated rings. The van der Waals surface area contributed by atoms with E-state index in [2.05, 4.69) is 24.4 Å². The number of carbonyl (C=O) groups is 1. The maximum absolute atomic E-state index is 12.8. The van der Waals surface area contributed by atoms with E-state index >= 15 is 0 Å². The molecule has 0 aliphatic carbocycles. The number of aliphatic hydroxyl groups is 11. The Morgan fingerprint density at radius 2 is 0.928 bits per heavy atom. The topological polar surface area (TPSA) is 307 Å². The summed E-state index contributed by atoms with van der Waals surface area (Å²) in [6.07, 6.45) is 6.34. The number of hydrogen-bond donors (Lipinski definition) is 12. The maximum Gasteiger partial charge on any atom is 0.220 e. The first kappa shape index (κ1) is 61.6. The summed E-state index contributed by atoms with van der Waals surface area (Å²) >= 11 is 0. The van der Waals surface area contributed by atoms with Crippen LogP contribution in [0.15, 0.2) is 24.3 Å². The van der Waals surface area contributed by atoms with E-state index < -0.39 is 124 Å². The van der Waals surface area contributed by atoms with Crippen LogP contribution in [0, 0.1) is 0 Å². The molecular formula is C50H91NO18. The summed E-state index contributed by atoms with van der Waals surface area (Å²) in [5, 5.41) is 119. The number of allylic oxidation sites excluding steroid dienone is 3. The van der Waals surface area contributed by atoms with Crippen LogP contribution in [-0.4, -0.2) is 193 Å². The van der Waals surface area contributed by atoms with Crippen LogP contribution in [-0.2, 0) is 33.2 Å². The summed E-state index contributed by atoms with van der Waals surface area (Å²) in [5.74, 6) is -0.322. The Kier molecular flexibility index (Phi) is 31.6. The largest absolute Gasteiger partial charge is 0.394 e. The Hall–Kier alpha value is -1.73. The third-order valence-corrected chi connectivity index (χ3v) is 13.3. The van der Waals surface area contributed by atoms with Crippen molar-refractivity contribution >= 4 is 5.91 Å². The van der Waals surface area contributed by atoms with Crippen molar-refractivity contribution in [1.82, 2.24) is 5.32 Å². The lowest BCUT2D eigenvalue weighted by atomic mass is 9.96. The van der Waals surface area contributed by atoms with Gasteiger partial charge in [-0.15, -0.1) is 0 Å². The molecule has 1 amide bonds. The summed E-state index contributed by atoms with van der Waals surface area (Å²) in [7, 11) is 0. The lowest BCUT2D eigenvalue weighted by Crippen LogP contribution is -2.66. The fourth-order valence-electron chi connectivity index (χ4n) is 8.83. The first-order valence-corrected chi connectivity index (χ1v) is 26.1. The van der Waals surface area contributed by atoms with Crippen molar-refractivity contribution in [2.24, 2.45) is 0 Å². The normalized spacial score (nSPS) is 33.0. The Morgan fingerprint density at radius 1 is 0.507 bits per heavy atom.